The Labute approximate surface area is 252 Å². The molecule has 16 heteroatoms. The predicted molar refractivity (Wildman–Crippen MR) is 167 cm³/mol. The van der Waals surface area contributed by atoms with Crippen molar-refractivity contribution in [1.82, 2.24) is 50.3 Å². The van der Waals surface area contributed by atoms with E-state index in [0.717, 1.165) is 36.0 Å². The number of carbonyl (C=O) groups is 1. The SMILES string of the molecule is BCc1cn(CC(Cn2cc(CB)nn2)(Cn2cc(CB)nn2)NC(=O)CC(C)(C)OCCC(C)(C)OC(C)C)nn1. The van der Waals surface area contributed by atoms with Gasteiger partial charge in [-0.05, 0) is 66.9 Å². The van der Waals surface area contributed by atoms with E-state index in [1.165, 1.54) is 0 Å². The van der Waals surface area contributed by atoms with Crippen LogP contribution in [0.5, 0.6) is 0 Å². The Morgan fingerprint density at radius 3 is 1.60 bits per heavy atom. The maximum Gasteiger partial charge on any atom is 0.223 e. The minimum absolute atomic E-state index is 0.127. The highest BCUT2D eigenvalue weighted by molar-refractivity contribution is 6.08. The Morgan fingerprint density at radius 1 is 0.810 bits per heavy atom. The normalized spacial score (nSPS) is 12.7. The second-order valence-corrected chi connectivity index (χ2v) is 12.6. The summed E-state index contributed by atoms with van der Waals surface area (Å²) in [4.78, 5) is 13.8. The van der Waals surface area contributed by atoms with Crippen LogP contribution in [-0.2, 0) is 52.9 Å². The maximum atomic E-state index is 13.8. The molecular weight excluding hydrogens is 533 g/mol. The van der Waals surface area contributed by atoms with E-state index >= 15 is 0 Å². The quantitative estimate of drug-likeness (QED) is 0.186. The zero-order chi connectivity index (χ0) is 31.0. The van der Waals surface area contributed by atoms with E-state index in [0.29, 0.717) is 32.7 Å². The van der Waals surface area contributed by atoms with Crippen LogP contribution in [0.3, 0.4) is 0 Å². The third kappa shape index (κ3) is 10.4. The standard InChI is InChI=1S/C26H47B3N10O3/c1-19(2)42-24(3,4)7-8-41-25(5,6)9-23(40)30-26(16-37-13-20(10-27)31-34-37,17-38-14-21(11-28)32-35-38)18-39-15-22(12-29)33-36-39/h13-15,19H,7-12,16-18,27-29H2,1-6H3,(H,30,40). The third-order valence-electron chi connectivity index (χ3n) is 6.98. The minimum Gasteiger partial charge on any atom is -0.375 e. The van der Waals surface area contributed by atoms with E-state index in [1.807, 2.05) is 69.8 Å². The minimum atomic E-state index is -0.879. The van der Waals surface area contributed by atoms with Crippen LogP contribution in [0.25, 0.3) is 0 Å². The first-order valence-electron chi connectivity index (χ1n) is 15.1. The molecule has 228 valence electrons. The van der Waals surface area contributed by atoms with Crippen LogP contribution in [0.2, 0.25) is 0 Å². The van der Waals surface area contributed by atoms with Gasteiger partial charge >= 0.3 is 0 Å². The summed E-state index contributed by atoms with van der Waals surface area (Å²) in [6, 6.07) is 0. The van der Waals surface area contributed by atoms with E-state index < -0.39 is 11.1 Å². The largest absolute Gasteiger partial charge is 0.375 e. The van der Waals surface area contributed by atoms with E-state index in [-0.39, 0.29) is 24.0 Å². The van der Waals surface area contributed by atoms with Crippen molar-refractivity contribution in [3.8, 4) is 0 Å². The second kappa shape index (κ2) is 14.5. The smallest absolute Gasteiger partial charge is 0.223 e. The summed E-state index contributed by atoms with van der Waals surface area (Å²) in [5.41, 5.74) is 0.723. The Balaban J connectivity index is 1.86. The molecule has 0 aromatic carbocycles. The van der Waals surface area contributed by atoms with Crippen molar-refractivity contribution < 1.29 is 14.3 Å². The summed E-state index contributed by atoms with van der Waals surface area (Å²) in [5.74, 6) is -0.153. The lowest BCUT2D eigenvalue weighted by Gasteiger charge is -2.36. The van der Waals surface area contributed by atoms with Crippen molar-refractivity contribution >= 4 is 29.4 Å². The summed E-state index contributed by atoms with van der Waals surface area (Å²) in [6.45, 7) is 13.5. The monoisotopic (exact) mass is 580 g/mol. The Bertz CT molecular complexity index is 1170. The number of rotatable bonds is 18. The van der Waals surface area contributed by atoms with E-state index in [4.69, 9.17) is 9.47 Å². The van der Waals surface area contributed by atoms with E-state index in [9.17, 15) is 4.79 Å². The molecule has 0 fully saturated rings. The van der Waals surface area contributed by atoms with Crippen molar-refractivity contribution in [1.29, 1.82) is 0 Å². The van der Waals surface area contributed by atoms with Gasteiger partial charge in [0.25, 0.3) is 0 Å². The number of amides is 1. The van der Waals surface area contributed by atoms with E-state index in [2.05, 4.69) is 50.1 Å². The summed E-state index contributed by atoms with van der Waals surface area (Å²) in [7, 11) is 6.10. The lowest BCUT2D eigenvalue weighted by Crippen LogP contribution is -2.58. The number of nitrogens with zero attached hydrogens (tertiary/aromatic N) is 9. The molecular formula is C26H47B3N10O3. The highest BCUT2D eigenvalue weighted by Crippen LogP contribution is 2.22. The third-order valence-corrected chi connectivity index (χ3v) is 6.98. The first-order chi connectivity index (χ1) is 19.8. The fourth-order valence-electron chi connectivity index (χ4n) is 4.98. The van der Waals surface area contributed by atoms with Crippen LogP contribution in [0.1, 0.15) is 71.5 Å². The molecule has 13 nitrogen and oxygen atoms in total. The number of aromatic nitrogens is 9. The van der Waals surface area contributed by atoms with Gasteiger partial charge < -0.3 is 14.8 Å². The van der Waals surface area contributed by atoms with Gasteiger partial charge in [0.05, 0.1) is 72.6 Å². The van der Waals surface area contributed by atoms with Crippen LogP contribution in [0.4, 0.5) is 0 Å². The Morgan fingerprint density at radius 2 is 1.24 bits per heavy atom. The maximum absolute atomic E-state index is 13.8. The molecule has 3 rings (SSSR count). The van der Waals surface area contributed by atoms with Crippen LogP contribution < -0.4 is 5.32 Å². The second-order valence-electron chi connectivity index (χ2n) is 12.6. The molecule has 3 aromatic rings. The number of carbonyl (C=O) groups excluding carboxylic acids is 1. The summed E-state index contributed by atoms with van der Waals surface area (Å²) in [6.07, 6.45) is 9.01. The van der Waals surface area contributed by atoms with Crippen molar-refractivity contribution in [3.63, 3.8) is 0 Å². The number of ether oxygens (including phenoxy) is 2. The fraction of sp³-hybridized carbons (Fsp3) is 0.731. The van der Waals surface area contributed by atoms with Crippen molar-refractivity contribution in [3.05, 3.63) is 35.7 Å². The molecule has 0 unspecified atom stereocenters. The lowest BCUT2D eigenvalue weighted by molar-refractivity contribution is -0.132. The molecule has 0 saturated carbocycles. The average molecular weight is 580 g/mol. The fourth-order valence-corrected chi connectivity index (χ4v) is 4.98. The Kier molecular flexibility index (Phi) is 11.5. The predicted octanol–water partition coefficient (Wildman–Crippen LogP) is -1.11. The molecule has 1 N–H and O–H groups in total. The zero-order valence-electron chi connectivity index (χ0n) is 26.9. The highest BCUT2D eigenvalue weighted by Gasteiger charge is 2.37. The molecule has 0 spiro atoms. The highest BCUT2D eigenvalue weighted by atomic mass is 16.5. The summed E-state index contributed by atoms with van der Waals surface area (Å²) < 4.78 is 17.5. The molecule has 1 amide bonds. The molecule has 0 aliphatic rings. The first kappa shape index (κ1) is 33.5. The van der Waals surface area contributed by atoms with Gasteiger partial charge in [-0.3, -0.25) is 4.79 Å². The van der Waals surface area contributed by atoms with Crippen molar-refractivity contribution in [2.45, 2.75) is 116 Å². The molecule has 0 aliphatic heterocycles. The van der Waals surface area contributed by atoms with Crippen molar-refractivity contribution in [2.75, 3.05) is 6.61 Å². The van der Waals surface area contributed by atoms with Crippen LogP contribution in [0.15, 0.2) is 18.6 Å². The van der Waals surface area contributed by atoms with Crippen LogP contribution >= 0.6 is 0 Å². The first-order valence-corrected chi connectivity index (χ1v) is 15.1. The average Bonchev–Trinajstić information content (AvgIpc) is 3.63. The number of nitrogens with one attached hydrogen (secondary N) is 1. The van der Waals surface area contributed by atoms with Gasteiger partial charge in [0.15, 0.2) is 0 Å². The van der Waals surface area contributed by atoms with Gasteiger partial charge in [-0.15, -0.1) is 15.3 Å². The molecule has 0 saturated heterocycles. The molecule has 0 atom stereocenters. The van der Waals surface area contributed by atoms with Gasteiger partial charge in [-0.1, -0.05) is 15.6 Å². The lowest BCUT2D eigenvalue weighted by atomic mass is 9.96. The van der Waals surface area contributed by atoms with Crippen molar-refractivity contribution in [2.24, 2.45) is 0 Å². The van der Waals surface area contributed by atoms with Crippen LogP contribution in [-0.4, -0.2) is 104 Å². The molecule has 3 aromatic heterocycles. The number of hydrogen-bond acceptors (Lipinski definition) is 9. The molecule has 0 aliphatic carbocycles. The van der Waals surface area contributed by atoms with Gasteiger partial charge in [0.1, 0.15) is 23.5 Å². The zero-order valence-corrected chi connectivity index (χ0v) is 26.9. The van der Waals surface area contributed by atoms with Gasteiger partial charge in [0.2, 0.25) is 5.91 Å². The van der Waals surface area contributed by atoms with Gasteiger partial charge in [-0.2, -0.15) is 0 Å². The molecule has 0 bridgehead atoms. The molecule has 3 heterocycles. The van der Waals surface area contributed by atoms with Crippen LogP contribution in [0, 0.1) is 0 Å². The molecule has 42 heavy (non-hydrogen) atoms. The van der Waals surface area contributed by atoms with Gasteiger partial charge in [-0.25, -0.2) is 14.0 Å². The summed E-state index contributed by atoms with van der Waals surface area (Å²) >= 11 is 0. The van der Waals surface area contributed by atoms with Gasteiger partial charge in [0, 0.05) is 18.6 Å². The molecule has 0 radical (unpaired) electrons. The number of hydrogen-bond donors (Lipinski definition) is 1. The van der Waals surface area contributed by atoms with E-state index in [1.54, 1.807) is 14.0 Å². The Hall–Kier alpha value is -3.00. The topological polar surface area (TPSA) is 140 Å². The summed E-state index contributed by atoms with van der Waals surface area (Å²) in [5, 5.41) is 29.2.